The highest BCUT2D eigenvalue weighted by atomic mass is 79.9. The third-order valence-corrected chi connectivity index (χ3v) is 4.25. The maximum Gasteiger partial charge on any atom is 0.163 e. The van der Waals surface area contributed by atoms with Crippen molar-refractivity contribution in [2.45, 2.75) is 32.3 Å². The summed E-state index contributed by atoms with van der Waals surface area (Å²) in [4.78, 5) is 4.49. The average molecular weight is 351 g/mol. The molecular formula is C16H19BrN2O2. The van der Waals surface area contributed by atoms with Gasteiger partial charge >= 0.3 is 0 Å². The number of hydrogen-bond donors (Lipinski definition) is 1. The molecule has 0 spiro atoms. The van der Waals surface area contributed by atoms with E-state index >= 15 is 0 Å². The van der Waals surface area contributed by atoms with Gasteiger partial charge in [0.25, 0.3) is 0 Å². The number of halogens is 1. The Bertz CT molecular complexity index is 645. The predicted molar refractivity (Wildman–Crippen MR) is 86.1 cm³/mol. The van der Waals surface area contributed by atoms with E-state index in [-0.39, 0.29) is 6.10 Å². The lowest BCUT2D eigenvalue weighted by Crippen LogP contribution is -2.30. The normalized spacial score (nSPS) is 21.0. The first-order valence-corrected chi connectivity index (χ1v) is 7.89. The van der Waals surface area contributed by atoms with Crippen molar-refractivity contribution in [2.75, 3.05) is 13.2 Å². The number of pyridine rings is 1. The van der Waals surface area contributed by atoms with Gasteiger partial charge < -0.3 is 14.8 Å². The van der Waals surface area contributed by atoms with Crippen LogP contribution in [0.25, 0.3) is 10.9 Å². The fourth-order valence-corrected chi connectivity index (χ4v) is 3.02. The zero-order valence-electron chi connectivity index (χ0n) is 12.2. The highest BCUT2D eigenvalue weighted by Crippen LogP contribution is 2.25. The Labute approximate surface area is 133 Å². The van der Waals surface area contributed by atoms with Gasteiger partial charge in [0.1, 0.15) is 0 Å². The van der Waals surface area contributed by atoms with Gasteiger partial charge in [0.05, 0.1) is 18.2 Å². The first kappa shape index (κ1) is 14.9. The van der Waals surface area contributed by atoms with Gasteiger partial charge in [0.2, 0.25) is 0 Å². The van der Waals surface area contributed by atoms with Crippen LogP contribution in [-0.2, 0) is 16.0 Å². The topological polar surface area (TPSA) is 43.4 Å². The molecule has 1 aliphatic rings. The first-order chi connectivity index (χ1) is 10.1. The summed E-state index contributed by atoms with van der Waals surface area (Å²) in [6.45, 7) is 6.06. The average Bonchev–Trinajstić information content (AvgIpc) is 2.81. The van der Waals surface area contributed by atoms with E-state index in [2.05, 4.69) is 44.4 Å². The number of nitrogens with one attached hydrogen (secondary N) is 1. The highest BCUT2D eigenvalue weighted by Gasteiger charge is 2.32. The monoisotopic (exact) mass is 350 g/mol. The van der Waals surface area contributed by atoms with Crippen LogP contribution in [0.4, 0.5) is 0 Å². The molecule has 2 aromatic rings. The van der Waals surface area contributed by atoms with Crippen LogP contribution in [0.2, 0.25) is 0 Å². The minimum atomic E-state index is -0.460. The van der Waals surface area contributed by atoms with Crippen LogP contribution in [0.1, 0.15) is 19.4 Å². The third-order valence-electron chi connectivity index (χ3n) is 3.55. The third kappa shape index (κ3) is 3.43. The van der Waals surface area contributed by atoms with Gasteiger partial charge in [0.15, 0.2) is 5.79 Å². The number of benzene rings is 1. The lowest BCUT2D eigenvalue weighted by atomic mass is 10.1. The molecule has 4 nitrogen and oxygen atoms in total. The number of nitrogens with zero attached hydrogens (tertiary/aromatic N) is 1. The summed E-state index contributed by atoms with van der Waals surface area (Å²) in [5.41, 5.74) is 2.22. The molecule has 1 N–H and O–H groups in total. The first-order valence-electron chi connectivity index (χ1n) is 7.10. The van der Waals surface area contributed by atoms with Crippen LogP contribution in [-0.4, -0.2) is 30.0 Å². The van der Waals surface area contributed by atoms with Crippen LogP contribution in [0, 0.1) is 0 Å². The molecule has 0 aliphatic carbocycles. The van der Waals surface area contributed by atoms with Crippen molar-refractivity contribution >= 4 is 26.8 Å². The Kier molecular flexibility index (Phi) is 4.26. The molecule has 0 amide bonds. The van der Waals surface area contributed by atoms with Crippen molar-refractivity contribution in [1.82, 2.24) is 10.3 Å². The van der Waals surface area contributed by atoms with Crippen LogP contribution in [0.15, 0.2) is 34.9 Å². The minimum Gasteiger partial charge on any atom is -0.348 e. The molecule has 21 heavy (non-hydrogen) atoms. The molecule has 1 aromatic heterocycles. The molecule has 0 bridgehead atoms. The summed E-state index contributed by atoms with van der Waals surface area (Å²) in [7, 11) is 0. The van der Waals surface area contributed by atoms with Crippen LogP contribution >= 0.6 is 15.9 Å². The Morgan fingerprint density at radius 2 is 2.24 bits per heavy atom. The van der Waals surface area contributed by atoms with Crippen molar-refractivity contribution in [3.8, 4) is 0 Å². The molecule has 1 unspecified atom stereocenters. The largest absolute Gasteiger partial charge is 0.348 e. The molecule has 112 valence electrons. The van der Waals surface area contributed by atoms with Crippen molar-refractivity contribution < 1.29 is 9.47 Å². The number of hydrogen-bond acceptors (Lipinski definition) is 4. The van der Waals surface area contributed by atoms with Crippen molar-refractivity contribution in [3.05, 3.63) is 40.5 Å². The molecule has 0 saturated carbocycles. The summed E-state index contributed by atoms with van der Waals surface area (Å²) >= 11 is 3.57. The number of aromatic nitrogens is 1. The fourth-order valence-electron chi connectivity index (χ4n) is 2.57. The molecule has 2 heterocycles. The van der Waals surface area contributed by atoms with Crippen LogP contribution in [0.5, 0.6) is 0 Å². The minimum absolute atomic E-state index is 0.106. The Morgan fingerprint density at radius 3 is 3.00 bits per heavy atom. The zero-order chi connectivity index (χ0) is 14.9. The number of ether oxygens (including phenoxy) is 2. The van der Waals surface area contributed by atoms with E-state index in [0.717, 1.165) is 28.5 Å². The summed E-state index contributed by atoms with van der Waals surface area (Å²) in [6.07, 6.45) is 1.93. The summed E-state index contributed by atoms with van der Waals surface area (Å²) in [6, 6.07) is 8.20. The molecule has 1 aromatic carbocycles. The zero-order valence-corrected chi connectivity index (χ0v) is 13.8. The van der Waals surface area contributed by atoms with Crippen molar-refractivity contribution in [1.29, 1.82) is 0 Å². The standard InChI is InChI=1S/C16H19BrN2O2/c1-16(2)20-10-12(21-16)9-18-8-11-5-6-14(17)13-4-3-7-19-15(11)13/h3-7,12,18H,8-10H2,1-2H3. The smallest absolute Gasteiger partial charge is 0.163 e. The van der Waals surface area contributed by atoms with Crippen molar-refractivity contribution in [2.24, 2.45) is 0 Å². The second-order valence-corrected chi connectivity index (χ2v) is 6.54. The van der Waals surface area contributed by atoms with Crippen molar-refractivity contribution in [3.63, 3.8) is 0 Å². The summed E-state index contributed by atoms with van der Waals surface area (Å²) < 4.78 is 12.4. The maximum absolute atomic E-state index is 5.79. The molecule has 0 radical (unpaired) electrons. The summed E-state index contributed by atoms with van der Waals surface area (Å²) in [5, 5.41) is 4.57. The van der Waals surface area contributed by atoms with E-state index in [4.69, 9.17) is 9.47 Å². The SMILES string of the molecule is CC1(C)OCC(CNCc2ccc(Br)c3cccnc23)O1. The second kappa shape index (κ2) is 6.01. The maximum atomic E-state index is 5.79. The van der Waals surface area contributed by atoms with E-state index in [1.54, 1.807) is 0 Å². The quantitative estimate of drug-likeness (QED) is 0.919. The van der Waals surface area contributed by atoms with E-state index < -0.39 is 5.79 Å². The van der Waals surface area contributed by atoms with Crippen LogP contribution < -0.4 is 5.32 Å². The van der Waals surface area contributed by atoms with Gasteiger partial charge in [0, 0.05) is 29.1 Å². The molecule has 5 heteroatoms. The van der Waals surface area contributed by atoms with Crippen LogP contribution in [0.3, 0.4) is 0 Å². The lowest BCUT2D eigenvalue weighted by molar-refractivity contribution is -0.137. The fraction of sp³-hybridized carbons (Fsp3) is 0.438. The molecular weight excluding hydrogens is 332 g/mol. The van der Waals surface area contributed by atoms with Gasteiger partial charge in [-0.1, -0.05) is 28.1 Å². The van der Waals surface area contributed by atoms with E-state index in [1.807, 2.05) is 26.1 Å². The van der Waals surface area contributed by atoms with E-state index in [9.17, 15) is 0 Å². The Balaban J connectivity index is 1.65. The molecule has 1 atom stereocenters. The lowest BCUT2D eigenvalue weighted by Gasteiger charge is -2.17. The molecule has 1 fully saturated rings. The highest BCUT2D eigenvalue weighted by molar-refractivity contribution is 9.10. The van der Waals surface area contributed by atoms with E-state index in [0.29, 0.717) is 6.61 Å². The van der Waals surface area contributed by atoms with Gasteiger partial charge in [-0.3, -0.25) is 4.98 Å². The van der Waals surface area contributed by atoms with Gasteiger partial charge in [-0.2, -0.15) is 0 Å². The summed E-state index contributed by atoms with van der Waals surface area (Å²) in [5.74, 6) is -0.460. The predicted octanol–water partition coefficient (Wildman–Crippen LogP) is 3.24. The second-order valence-electron chi connectivity index (χ2n) is 5.69. The number of fused-ring (bicyclic) bond motifs is 1. The Morgan fingerprint density at radius 1 is 1.38 bits per heavy atom. The van der Waals surface area contributed by atoms with Gasteiger partial charge in [-0.15, -0.1) is 0 Å². The van der Waals surface area contributed by atoms with Gasteiger partial charge in [-0.05, 0) is 31.5 Å². The Hall–Kier alpha value is -1.01. The van der Waals surface area contributed by atoms with E-state index in [1.165, 1.54) is 5.56 Å². The molecule has 3 rings (SSSR count). The molecule has 1 saturated heterocycles. The molecule has 1 aliphatic heterocycles. The van der Waals surface area contributed by atoms with Gasteiger partial charge in [-0.25, -0.2) is 0 Å². The number of rotatable bonds is 4.